The van der Waals surface area contributed by atoms with Crippen molar-refractivity contribution in [1.82, 2.24) is 5.32 Å². The monoisotopic (exact) mass is 541 g/mol. The van der Waals surface area contributed by atoms with Gasteiger partial charge < -0.3 is 20.6 Å². The first-order valence-electron chi connectivity index (χ1n) is 12.8. The number of hydrogen-bond acceptors (Lipinski definition) is 4. The van der Waals surface area contributed by atoms with Gasteiger partial charge >= 0.3 is 0 Å². The molecule has 0 fully saturated rings. The van der Waals surface area contributed by atoms with E-state index in [9.17, 15) is 13.6 Å². The number of rotatable bonds is 7. The Balaban J connectivity index is 1.36. The number of aryl methyl sites for hydroxylation is 1. The molecule has 0 saturated heterocycles. The van der Waals surface area contributed by atoms with Crippen LogP contribution in [0.4, 0.5) is 8.78 Å². The van der Waals surface area contributed by atoms with Gasteiger partial charge in [0.05, 0.1) is 0 Å². The molecule has 1 aliphatic carbocycles. The van der Waals surface area contributed by atoms with Gasteiger partial charge in [-0.3, -0.25) is 4.79 Å². The summed E-state index contributed by atoms with van der Waals surface area (Å²) in [6.07, 6.45) is 0.228. The maximum absolute atomic E-state index is 14.5. The molecule has 6 nitrogen and oxygen atoms in total. The van der Waals surface area contributed by atoms with E-state index in [1.807, 2.05) is 55.5 Å². The molecular formula is C32H29F2N3O3. The zero-order chi connectivity index (χ0) is 28.4. The van der Waals surface area contributed by atoms with E-state index >= 15 is 0 Å². The molecule has 0 saturated carbocycles. The van der Waals surface area contributed by atoms with Crippen LogP contribution in [0, 0.1) is 18.6 Å². The third kappa shape index (κ3) is 5.31. The van der Waals surface area contributed by atoms with Crippen LogP contribution in [0.15, 0.2) is 78.0 Å². The molecule has 3 N–H and O–H groups in total. The molecule has 204 valence electrons. The first-order chi connectivity index (χ1) is 19.3. The number of oxime groups is 1. The Morgan fingerprint density at radius 2 is 1.68 bits per heavy atom. The first-order valence-corrected chi connectivity index (χ1v) is 12.8. The van der Waals surface area contributed by atoms with Crippen molar-refractivity contribution >= 4 is 11.7 Å². The summed E-state index contributed by atoms with van der Waals surface area (Å²) in [5.74, 6) is -1.16. The number of amidine groups is 1. The van der Waals surface area contributed by atoms with E-state index in [1.165, 1.54) is 19.2 Å². The number of nitrogens with zero attached hydrogens (tertiary/aromatic N) is 1. The second kappa shape index (κ2) is 11.3. The number of hydrogen-bond donors (Lipinski definition) is 2. The minimum absolute atomic E-state index is 0.200. The minimum Gasteiger partial charge on any atom is -0.397 e. The van der Waals surface area contributed by atoms with E-state index in [0.717, 1.165) is 45.0 Å². The number of carbonyl (C=O) groups excluding carboxylic acids is 1. The van der Waals surface area contributed by atoms with Gasteiger partial charge in [0, 0.05) is 36.4 Å². The molecule has 40 heavy (non-hydrogen) atoms. The number of fused-ring (bicyclic) bond motifs is 2. The lowest BCUT2D eigenvalue weighted by molar-refractivity contribution is 0.0950. The summed E-state index contributed by atoms with van der Waals surface area (Å²) in [6, 6.07) is 20.4. The molecule has 0 aliphatic heterocycles. The fourth-order valence-corrected chi connectivity index (χ4v) is 5.17. The van der Waals surface area contributed by atoms with E-state index in [-0.39, 0.29) is 17.8 Å². The van der Waals surface area contributed by atoms with Crippen molar-refractivity contribution in [1.29, 1.82) is 0 Å². The van der Waals surface area contributed by atoms with Gasteiger partial charge in [0.25, 0.3) is 5.91 Å². The Kier molecular flexibility index (Phi) is 7.62. The van der Waals surface area contributed by atoms with Crippen LogP contribution in [0.3, 0.4) is 0 Å². The highest BCUT2D eigenvalue weighted by Crippen LogP contribution is 2.39. The molecule has 1 atom stereocenters. The van der Waals surface area contributed by atoms with Gasteiger partial charge in [0.15, 0.2) is 5.84 Å². The number of benzene rings is 4. The Morgan fingerprint density at radius 3 is 2.38 bits per heavy atom. The van der Waals surface area contributed by atoms with Gasteiger partial charge in [-0.05, 0) is 82.6 Å². The van der Waals surface area contributed by atoms with Crippen molar-refractivity contribution in [3.63, 3.8) is 0 Å². The SMILES string of the molecule is CON=C(N)c1ccc(CNC(=O)c2ccc3c(c2)Cc2cc(-c4ccc(F)cc4F)ccc2[C@@H]3OC)c(C)c1. The lowest BCUT2D eigenvalue weighted by Crippen LogP contribution is -2.24. The van der Waals surface area contributed by atoms with Crippen LogP contribution in [0.25, 0.3) is 11.1 Å². The number of ether oxygens (including phenoxy) is 1. The van der Waals surface area contributed by atoms with Crippen molar-refractivity contribution in [2.24, 2.45) is 10.9 Å². The standard InChI is InChI=1S/C32H29F2N3O3/c1-18-12-20(31(35)37-40-3)4-5-22(18)17-36-32(38)21-7-10-28-24(14-21)15-23-13-19(6-9-27(23)30(28)39-2)26-11-8-25(33)16-29(26)34/h4-14,16,30H,15,17H2,1-3H3,(H2,35,37)(H,36,38)/t30-/m0/s1. The first kappa shape index (κ1) is 27.0. The third-order valence-corrected chi connectivity index (χ3v) is 7.24. The highest BCUT2D eigenvalue weighted by molar-refractivity contribution is 5.97. The second-order valence-corrected chi connectivity index (χ2v) is 9.73. The third-order valence-electron chi connectivity index (χ3n) is 7.24. The Bertz CT molecular complexity index is 1630. The molecular weight excluding hydrogens is 512 g/mol. The molecule has 5 rings (SSSR count). The summed E-state index contributed by atoms with van der Waals surface area (Å²) in [5, 5.41) is 6.75. The van der Waals surface area contributed by atoms with Crippen molar-refractivity contribution in [3.8, 4) is 11.1 Å². The van der Waals surface area contributed by atoms with Crippen LogP contribution in [-0.2, 0) is 22.5 Å². The second-order valence-electron chi connectivity index (χ2n) is 9.73. The summed E-state index contributed by atoms with van der Waals surface area (Å²) in [5.41, 5.74) is 13.9. The van der Waals surface area contributed by atoms with Crippen molar-refractivity contribution in [2.45, 2.75) is 26.0 Å². The smallest absolute Gasteiger partial charge is 0.251 e. The molecule has 8 heteroatoms. The maximum atomic E-state index is 14.5. The number of nitrogens with two attached hydrogens (primary N) is 1. The van der Waals surface area contributed by atoms with Crippen LogP contribution >= 0.6 is 0 Å². The maximum Gasteiger partial charge on any atom is 0.251 e. The fraction of sp³-hybridized carbons (Fsp3) is 0.188. The molecule has 0 aromatic heterocycles. The predicted molar refractivity (Wildman–Crippen MR) is 150 cm³/mol. The van der Waals surface area contributed by atoms with E-state index in [1.54, 1.807) is 13.2 Å². The van der Waals surface area contributed by atoms with E-state index in [2.05, 4.69) is 10.5 Å². The van der Waals surface area contributed by atoms with Crippen molar-refractivity contribution < 1.29 is 23.1 Å². The van der Waals surface area contributed by atoms with Gasteiger partial charge in [-0.2, -0.15) is 0 Å². The largest absolute Gasteiger partial charge is 0.397 e. The Hall–Kier alpha value is -4.56. The van der Waals surface area contributed by atoms with Crippen LogP contribution in [0.5, 0.6) is 0 Å². The molecule has 4 aromatic rings. The highest BCUT2D eigenvalue weighted by atomic mass is 19.1. The molecule has 0 spiro atoms. The summed E-state index contributed by atoms with van der Waals surface area (Å²) in [4.78, 5) is 17.8. The molecule has 0 heterocycles. The van der Waals surface area contributed by atoms with Gasteiger partial charge in [0.2, 0.25) is 0 Å². The van der Waals surface area contributed by atoms with Gasteiger partial charge in [-0.25, -0.2) is 8.78 Å². The average molecular weight is 542 g/mol. The zero-order valence-corrected chi connectivity index (χ0v) is 22.4. The van der Waals surface area contributed by atoms with Crippen molar-refractivity contribution in [3.05, 3.63) is 129 Å². The van der Waals surface area contributed by atoms with E-state index in [4.69, 9.17) is 15.3 Å². The molecule has 1 aliphatic rings. The molecule has 0 bridgehead atoms. The van der Waals surface area contributed by atoms with Gasteiger partial charge in [-0.1, -0.05) is 41.6 Å². The summed E-state index contributed by atoms with van der Waals surface area (Å²) < 4.78 is 33.8. The van der Waals surface area contributed by atoms with E-state index < -0.39 is 11.6 Å². The summed E-state index contributed by atoms with van der Waals surface area (Å²) >= 11 is 0. The normalized spacial score (nSPS) is 14.3. The number of methoxy groups -OCH3 is 1. The number of halogens is 2. The van der Waals surface area contributed by atoms with E-state index in [0.29, 0.717) is 29.7 Å². The molecule has 0 unspecified atom stereocenters. The number of amides is 1. The lowest BCUT2D eigenvalue weighted by Gasteiger charge is -2.28. The average Bonchev–Trinajstić information content (AvgIpc) is 2.94. The Morgan fingerprint density at radius 1 is 0.950 bits per heavy atom. The topological polar surface area (TPSA) is 85.9 Å². The highest BCUT2D eigenvalue weighted by Gasteiger charge is 2.27. The molecule has 4 aromatic carbocycles. The van der Waals surface area contributed by atoms with Gasteiger partial charge in [0.1, 0.15) is 24.8 Å². The summed E-state index contributed by atoms with van der Waals surface area (Å²) in [6.45, 7) is 2.29. The summed E-state index contributed by atoms with van der Waals surface area (Å²) in [7, 11) is 3.07. The fourth-order valence-electron chi connectivity index (χ4n) is 5.17. The molecule has 0 radical (unpaired) electrons. The predicted octanol–water partition coefficient (Wildman–Crippen LogP) is 5.78. The van der Waals surface area contributed by atoms with Crippen LogP contribution in [-0.4, -0.2) is 26.0 Å². The number of carbonyl (C=O) groups is 1. The lowest BCUT2D eigenvalue weighted by atomic mass is 9.81. The quantitative estimate of drug-likeness (QED) is 0.177. The van der Waals surface area contributed by atoms with Crippen LogP contribution < -0.4 is 11.1 Å². The van der Waals surface area contributed by atoms with Crippen LogP contribution in [0.1, 0.15) is 55.4 Å². The number of nitrogens with one attached hydrogen (secondary N) is 1. The van der Waals surface area contributed by atoms with Crippen LogP contribution in [0.2, 0.25) is 0 Å². The van der Waals surface area contributed by atoms with Crippen molar-refractivity contribution in [2.75, 3.05) is 14.2 Å². The minimum atomic E-state index is -0.619. The zero-order valence-electron chi connectivity index (χ0n) is 22.4. The van der Waals surface area contributed by atoms with Gasteiger partial charge in [-0.15, -0.1) is 0 Å². The molecule has 1 amide bonds. The Labute approximate surface area is 231 Å².